The summed E-state index contributed by atoms with van der Waals surface area (Å²) in [6.45, 7) is 2.12. The maximum absolute atomic E-state index is 11.6. The Hall–Kier alpha value is -2.17. The fraction of sp³-hybridized carbons (Fsp3) is 0.182. The van der Waals surface area contributed by atoms with Gasteiger partial charge in [-0.3, -0.25) is 9.78 Å². The second-order valence-corrected chi connectivity index (χ2v) is 3.30. The van der Waals surface area contributed by atoms with Crippen LogP contribution < -0.4 is 5.32 Å². The lowest BCUT2D eigenvalue weighted by Gasteiger charge is -2.01. The van der Waals surface area contributed by atoms with Crippen LogP contribution in [0.1, 0.15) is 21.9 Å². The van der Waals surface area contributed by atoms with E-state index in [4.69, 9.17) is 4.42 Å². The molecular formula is C11H11N3O2. The number of nitrogens with zero attached hydrogens (tertiary/aromatic N) is 2. The third-order valence-electron chi connectivity index (χ3n) is 2.03. The third kappa shape index (κ3) is 2.44. The summed E-state index contributed by atoms with van der Waals surface area (Å²) in [5.41, 5.74) is 1.23. The highest BCUT2D eigenvalue weighted by Gasteiger charge is 2.09. The minimum absolute atomic E-state index is 0.249. The second-order valence-electron chi connectivity index (χ2n) is 3.30. The van der Waals surface area contributed by atoms with Crippen molar-refractivity contribution in [1.29, 1.82) is 0 Å². The Morgan fingerprint density at radius 1 is 1.56 bits per heavy atom. The van der Waals surface area contributed by atoms with Gasteiger partial charge in [-0.2, -0.15) is 0 Å². The van der Waals surface area contributed by atoms with Gasteiger partial charge in [-0.25, -0.2) is 4.98 Å². The van der Waals surface area contributed by atoms with E-state index in [-0.39, 0.29) is 5.91 Å². The van der Waals surface area contributed by atoms with Crippen LogP contribution in [0.5, 0.6) is 0 Å². The van der Waals surface area contributed by atoms with Gasteiger partial charge in [0.2, 0.25) is 0 Å². The highest BCUT2D eigenvalue weighted by molar-refractivity contribution is 5.91. The molecule has 2 aromatic rings. The first-order valence-corrected chi connectivity index (χ1v) is 4.85. The largest absolute Gasteiger partial charge is 0.448 e. The first-order valence-electron chi connectivity index (χ1n) is 4.85. The summed E-state index contributed by atoms with van der Waals surface area (Å²) in [6, 6.07) is 3.71. The molecule has 0 atom stereocenters. The maximum atomic E-state index is 11.6. The van der Waals surface area contributed by atoms with Crippen LogP contribution in [0.4, 0.5) is 0 Å². The Morgan fingerprint density at radius 2 is 2.44 bits per heavy atom. The van der Waals surface area contributed by atoms with Crippen LogP contribution in [0.2, 0.25) is 0 Å². The van der Waals surface area contributed by atoms with E-state index in [1.54, 1.807) is 19.3 Å². The molecule has 0 unspecified atom stereocenters. The third-order valence-corrected chi connectivity index (χ3v) is 2.03. The average molecular weight is 217 g/mol. The van der Waals surface area contributed by atoms with Crippen molar-refractivity contribution in [2.24, 2.45) is 0 Å². The van der Waals surface area contributed by atoms with Gasteiger partial charge in [0, 0.05) is 25.9 Å². The van der Waals surface area contributed by atoms with E-state index in [0.29, 0.717) is 18.1 Å². The zero-order valence-corrected chi connectivity index (χ0v) is 8.80. The number of oxazole rings is 1. The normalized spacial score (nSPS) is 10.1. The molecule has 0 fully saturated rings. The Bertz CT molecular complexity index is 479. The van der Waals surface area contributed by atoms with Gasteiger partial charge in [0.1, 0.15) is 6.26 Å². The van der Waals surface area contributed by atoms with Crippen molar-refractivity contribution in [3.8, 4) is 0 Å². The van der Waals surface area contributed by atoms with Crippen LogP contribution in [-0.4, -0.2) is 15.9 Å². The van der Waals surface area contributed by atoms with E-state index in [9.17, 15) is 4.79 Å². The van der Waals surface area contributed by atoms with Crippen LogP contribution in [0.3, 0.4) is 0 Å². The molecule has 0 radical (unpaired) electrons. The van der Waals surface area contributed by atoms with Gasteiger partial charge >= 0.3 is 0 Å². The Morgan fingerprint density at radius 3 is 3.06 bits per heavy atom. The number of carbonyl (C=O) groups is 1. The number of carbonyl (C=O) groups excluding carboxylic acids is 1. The van der Waals surface area contributed by atoms with Crippen LogP contribution in [0.15, 0.2) is 35.2 Å². The molecule has 0 spiro atoms. The van der Waals surface area contributed by atoms with E-state index in [0.717, 1.165) is 5.56 Å². The van der Waals surface area contributed by atoms with Gasteiger partial charge in [0.05, 0.1) is 0 Å². The van der Waals surface area contributed by atoms with Crippen molar-refractivity contribution < 1.29 is 9.21 Å². The predicted octanol–water partition coefficient (Wildman–Crippen LogP) is 1.31. The zero-order chi connectivity index (χ0) is 11.4. The van der Waals surface area contributed by atoms with Crippen LogP contribution >= 0.6 is 0 Å². The van der Waals surface area contributed by atoms with E-state index in [1.165, 1.54) is 6.26 Å². The molecule has 5 heteroatoms. The topological polar surface area (TPSA) is 68.0 Å². The molecule has 5 nitrogen and oxygen atoms in total. The molecule has 0 aliphatic carbocycles. The quantitative estimate of drug-likeness (QED) is 0.841. The highest BCUT2D eigenvalue weighted by atomic mass is 16.3. The maximum Gasteiger partial charge on any atom is 0.273 e. The van der Waals surface area contributed by atoms with E-state index < -0.39 is 0 Å². The fourth-order valence-corrected chi connectivity index (χ4v) is 1.24. The van der Waals surface area contributed by atoms with Crippen molar-refractivity contribution >= 4 is 5.91 Å². The molecule has 0 bridgehead atoms. The summed E-state index contributed by atoms with van der Waals surface area (Å²) in [7, 11) is 0. The fourth-order valence-electron chi connectivity index (χ4n) is 1.24. The molecule has 0 saturated carbocycles. The molecular weight excluding hydrogens is 206 g/mol. The number of nitrogens with one attached hydrogen (secondary N) is 1. The van der Waals surface area contributed by atoms with Gasteiger partial charge < -0.3 is 9.73 Å². The second kappa shape index (κ2) is 4.57. The minimum Gasteiger partial charge on any atom is -0.448 e. The smallest absolute Gasteiger partial charge is 0.273 e. The lowest BCUT2D eigenvalue weighted by molar-refractivity contribution is 0.0946. The van der Waals surface area contributed by atoms with Crippen molar-refractivity contribution in [2.45, 2.75) is 13.5 Å². The summed E-state index contributed by atoms with van der Waals surface area (Å²) in [4.78, 5) is 19.5. The predicted molar refractivity (Wildman–Crippen MR) is 56.6 cm³/mol. The molecule has 0 aliphatic heterocycles. The standard InChI is InChI=1S/C11H11N3O2/c1-8-14-10(7-16-8)11(15)13-6-9-3-2-4-12-5-9/h2-5,7H,6H2,1H3,(H,13,15). The van der Waals surface area contributed by atoms with Crippen LogP contribution in [-0.2, 0) is 6.54 Å². The van der Waals surface area contributed by atoms with Crippen molar-refractivity contribution in [3.05, 3.63) is 47.9 Å². The number of hydrogen-bond acceptors (Lipinski definition) is 4. The summed E-state index contributed by atoms with van der Waals surface area (Å²) in [5.74, 6) is 0.229. The Balaban J connectivity index is 1.94. The Labute approximate surface area is 92.5 Å². The number of aromatic nitrogens is 2. The number of hydrogen-bond donors (Lipinski definition) is 1. The number of aryl methyl sites for hydroxylation is 1. The molecule has 16 heavy (non-hydrogen) atoms. The number of amides is 1. The zero-order valence-electron chi connectivity index (χ0n) is 8.80. The van der Waals surface area contributed by atoms with E-state index >= 15 is 0 Å². The van der Waals surface area contributed by atoms with E-state index in [1.807, 2.05) is 12.1 Å². The van der Waals surface area contributed by atoms with E-state index in [2.05, 4.69) is 15.3 Å². The molecule has 82 valence electrons. The monoisotopic (exact) mass is 217 g/mol. The van der Waals surface area contributed by atoms with Crippen LogP contribution in [0, 0.1) is 6.92 Å². The molecule has 0 aliphatic rings. The lowest BCUT2D eigenvalue weighted by atomic mass is 10.3. The molecule has 2 heterocycles. The minimum atomic E-state index is -0.249. The summed E-state index contributed by atoms with van der Waals surface area (Å²) < 4.78 is 4.95. The molecule has 2 aromatic heterocycles. The van der Waals surface area contributed by atoms with Crippen molar-refractivity contribution in [2.75, 3.05) is 0 Å². The summed E-state index contributed by atoms with van der Waals surface area (Å²) in [5, 5.41) is 2.73. The number of rotatable bonds is 3. The highest BCUT2D eigenvalue weighted by Crippen LogP contribution is 2.01. The average Bonchev–Trinajstić information content (AvgIpc) is 2.74. The van der Waals surface area contributed by atoms with Crippen molar-refractivity contribution in [3.63, 3.8) is 0 Å². The molecule has 0 aromatic carbocycles. The number of pyridine rings is 1. The van der Waals surface area contributed by atoms with Crippen LogP contribution in [0.25, 0.3) is 0 Å². The SMILES string of the molecule is Cc1nc(C(=O)NCc2cccnc2)co1. The first kappa shape index (κ1) is 10.4. The van der Waals surface area contributed by atoms with Crippen molar-refractivity contribution in [1.82, 2.24) is 15.3 Å². The molecule has 1 amide bonds. The van der Waals surface area contributed by atoms with Gasteiger partial charge in [0.25, 0.3) is 5.91 Å². The lowest BCUT2D eigenvalue weighted by Crippen LogP contribution is -2.23. The molecule has 1 N–H and O–H groups in total. The van der Waals surface area contributed by atoms with Gasteiger partial charge in [0.15, 0.2) is 11.6 Å². The van der Waals surface area contributed by atoms with Gasteiger partial charge in [-0.15, -0.1) is 0 Å². The first-order chi connectivity index (χ1) is 7.75. The van der Waals surface area contributed by atoms with Gasteiger partial charge in [-0.1, -0.05) is 6.07 Å². The Kier molecular flexibility index (Phi) is 2.95. The van der Waals surface area contributed by atoms with Gasteiger partial charge in [-0.05, 0) is 11.6 Å². The summed E-state index contributed by atoms with van der Waals surface area (Å²) in [6.07, 6.45) is 4.73. The molecule has 2 rings (SSSR count). The molecule has 0 saturated heterocycles. The summed E-state index contributed by atoms with van der Waals surface area (Å²) >= 11 is 0.